The van der Waals surface area contributed by atoms with Gasteiger partial charge in [-0.15, -0.1) is 0 Å². The first kappa shape index (κ1) is 10.9. The van der Waals surface area contributed by atoms with Crippen molar-refractivity contribution in [1.82, 2.24) is 4.98 Å². The molecule has 2 heteroatoms. The minimum Gasteiger partial charge on any atom is -0.449 e. The first-order chi connectivity index (χ1) is 7.55. The zero-order chi connectivity index (χ0) is 11.6. The summed E-state index contributed by atoms with van der Waals surface area (Å²) in [6.07, 6.45) is 4.06. The summed E-state index contributed by atoms with van der Waals surface area (Å²) in [6, 6.07) is 8.60. The second-order valence-corrected chi connectivity index (χ2v) is 5.05. The molecule has 2 rings (SSSR count). The van der Waals surface area contributed by atoms with Crippen LogP contribution in [0, 0.1) is 0 Å². The zero-order valence-corrected chi connectivity index (χ0v) is 10.0. The van der Waals surface area contributed by atoms with Crippen LogP contribution in [0.4, 0.5) is 0 Å². The summed E-state index contributed by atoms with van der Waals surface area (Å²) in [5, 5.41) is 0. The molecule has 0 spiro atoms. The Labute approximate surface area is 96.3 Å². The minimum atomic E-state index is 0.187. The summed E-state index contributed by atoms with van der Waals surface area (Å²) in [5.41, 5.74) is 2.78. The minimum absolute atomic E-state index is 0.187. The lowest BCUT2D eigenvalue weighted by molar-refractivity contribution is 0.506. The van der Waals surface area contributed by atoms with Gasteiger partial charge in [0.2, 0.25) is 0 Å². The van der Waals surface area contributed by atoms with E-state index < -0.39 is 0 Å². The quantitative estimate of drug-likeness (QED) is 0.765. The van der Waals surface area contributed by atoms with Crippen molar-refractivity contribution < 1.29 is 4.42 Å². The van der Waals surface area contributed by atoms with E-state index in [9.17, 15) is 0 Å². The van der Waals surface area contributed by atoms with Crippen molar-refractivity contribution in [3.8, 4) is 0 Å². The van der Waals surface area contributed by atoms with Crippen LogP contribution in [0.5, 0.6) is 0 Å². The molecule has 0 saturated heterocycles. The number of hydrogen-bond donors (Lipinski definition) is 0. The molecule has 0 fully saturated rings. The van der Waals surface area contributed by atoms with E-state index in [4.69, 9.17) is 4.42 Å². The third kappa shape index (κ3) is 2.51. The van der Waals surface area contributed by atoms with Gasteiger partial charge in [-0.2, -0.15) is 0 Å². The smallest absolute Gasteiger partial charge is 0.198 e. The van der Waals surface area contributed by atoms with Gasteiger partial charge in [0.1, 0.15) is 6.26 Å². The molecule has 2 nitrogen and oxygen atoms in total. The average molecular weight is 215 g/mol. The maximum Gasteiger partial charge on any atom is 0.198 e. The molecule has 0 aliphatic heterocycles. The van der Waals surface area contributed by atoms with Crippen LogP contribution < -0.4 is 0 Å². The van der Waals surface area contributed by atoms with Gasteiger partial charge < -0.3 is 4.42 Å². The van der Waals surface area contributed by atoms with E-state index in [0.29, 0.717) is 0 Å². The standard InChI is InChI=1S/C14H17NO/c1-14(2,3)12-6-4-5-11(9-12)10-13-15-7-8-16-13/h4-9H,10H2,1-3H3. The van der Waals surface area contributed by atoms with E-state index in [0.717, 1.165) is 12.3 Å². The monoisotopic (exact) mass is 215 g/mol. The van der Waals surface area contributed by atoms with Crippen LogP contribution in [-0.2, 0) is 11.8 Å². The van der Waals surface area contributed by atoms with Crippen LogP contribution in [0.1, 0.15) is 37.8 Å². The maximum atomic E-state index is 5.25. The van der Waals surface area contributed by atoms with E-state index in [1.807, 2.05) is 0 Å². The largest absolute Gasteiger partial charge is 0.449 e. The molecule has 0 atom stereocenters. The summed E-state index contributed by atoms with van der Waals surface area (Å²) in [6.45, 7) is 6.66. The fourth-order valence-corrected chi connectivity index (χ4v) is 1.66. The van der Waals surface area contributed by atoms with Crippen LogP contribution in [0.15, 0.2) is 41.1 Å². The summed E-state index contributed by atoms with van der Waals surface area (Å²) in [5.74, 6) is 0.769. The third-order valence-electron chi connectivity index (χ3n) is 2.63. The highest BCUT2D eigenvalue weighted by Gasteiger charge is 2.13. The number of hydrogen-bond acceptors (Lipinski definition) is 2. The summed E-state index contributed by atoms with van der Waals surface area (Å²) < 4.78 is 5.25. The molecule has 0 bridgehead atoms. The third-order valence-corrected chi connectivity index (χ3v) is 2.63. The van der Waals surface area contributed by atoms with Gasteiger partial charge in [0, 0.05) is 6.42 Å². The van der Waals surface area contributed by atoms with Crippen LogP contribution >= 0.6 is 0 Å². The normalized spacial score (nSPS) is 11.7. The van der Waals surface area contributed by atoms with Gasteiger partial charge in [-0.1, -0.05) is 45.0 Å². The van der Waals surface area contributed by atoms with Gasteiger partial charge in [-0.05, 0) is 16.5 Å². The molecule has 2 aromatic rings. The second kappa shape index (κ2) is 4.12. The van der Waals surface area contributed by atoms with Crippen molar-refractivity contribution in [2.24, 2.45) is 0 Å². The Hall–Kier alpha value is -1.57. The number of rotatable bonds is 2. The molecule has 0 aliphatic carbocycles. The van der Waals surface area contributed by atoms with Crippen molar-refractivity contribution >= 4 is 0 Å². The Bertz CT molecular complexity index is 452. The van der Waals surface area contributed by atoms with Gasteiger partial charge >= 0.3 is 0 Å². The molecule has 84 valence electrons. The molecular formula is C14H17NO. The first-order valence-corrected chi connectivity index (χ1v) is 5.53. The summed E-state index contributed by atoms with van der Waals surface area (Å²) >= 11 is 0. The van der Waals surface area contributed by atoms with Gasteiger partial charge in [0.05, 0.1) is 6.20 Å². The molecule has 0 radical (unpaired) electrons. The molecule has 0 aliphatic rings. The van der Waals surface area contributed by atoms with E-state index in [1.54, 1.807) is 12.5 Å². The molecular weight excluding hydrogens is 198 g/mol. The summed E-state index contributed by atoms with van der Waals surface area (Å²) in [7, 11) is 0. The number of nitrogens with zero attached hydrogens (tertiary/aromatic N) is 1. The molecule has 0 saturated carbocycles. The Morgan fingerprint density at radius 2 is 2.06 bits per heavy atom. The fourth-order valence-electron chi connectivity index (χ4n) is 1.66. The SMILES string of the molecule is CC(C)(C)c1cccc(Cc2ncco2)c1. The predicted molar refractivity (Wildman–Crippen MR) is 64.5 cm³/mol. The van der Waals surface area contributed by atoms with Crippen LogP contribution in [0.25, 0.3) is 0 Å². The Morgan fingerprint density at radius 3 is 2.69 bits per heavy atom. The number of benzene rings is 1. The fraction of sp³-hybridized carbons (Fsp3) is 0.357. The molecule has 0 N–H and O–H groups in total. The zero-order valence-electron chi connectivity index (χ0n) is 10.0. The molecule has 1 heterocycles. The highest BCUT2D eigenvalue weighted by molar-refractivity contribution is 5.29. The second-order valence-electron chi connectivity index (χ2n) is 5.05. The van der Waals surface area contributed by atoms with E-state index in [-0.39, 0.29) is 5.41 Å². The molecule has 1 aromatic carbocycles. The predicted octanol–water partition coefficient (Wildman–Crippen LogP) is 3.56. The van der Waals surface area contributed by atoms with Crippen molar-refractivity contribution in [2.45, 2.75) is 32.6 Å². The molecule has 1 aromatic heterocycles. The lowest BCUT2D eigenvalue weighted by Gasteiger charge is -2.19. The Balaban J connectivity index is 2.23. The van der Waals surface area contributed by atoms with Crippen molar-refractivity contribution in [3.63, 3.8) is 0 Å². The highest BCUT2D eigenvalue weighted by atomic mass is 16.3. The Kier molecular flexibility index (Phi) is 2.82. The maximum absolute atomic E-state index is 5.25. The summed E-state index contributed by atoms with van der Waals surface area (Å²) in [4.78, 5) is 4.14. The molecule has 0 amide bonds. The van der Waals surface area contributed by atoms with Crippen LogP contribution in [0.3, 0.4) is 0 Å². The van der Waals surface area contributed by atoms with E-state index >= 15 is 0 Å². The molecule has 16 heavy (non-hydrogen) atoms. The van der Waals surface area contributed by atoms with E-state index in [2.05, 4.69) is 50.0 Å². The topological polar surface area (TPSA) is 26.0 Å². The van der Waals surface area contributed by atoms with Gasteiger partial charge in [0.15, 0.2) is 5.89 Å². The van der Waals surface area contributed by atoms with Crippen molar-refractivity contribution in [3.05, 3.63) is 53.7 Å². The molecule has 0 unspecified atom stereocenters. The Morgan fingerprint density at radius 1 is 1.25 bits per heavy atom. The van der Waals surface area contributed by atoms with E-state index in [1.165, 1.54) is 11.1 Å². The van der Waals surface area contributed by atoms with Crippen LogP contribution in [-0.4, -0.2) is 4.98 Å². The number of oxazole rings is 1. The lowest BCUT2D eigenvalue weighted by Crippen LogP contribution is -2.11. The van der Waals surface area contributed by atoms with Gasteiger partial charge in [0.25, 0.3) is 0 Å². The van der Waals surface area contributed by atoms with Crippen LogP contribution in [0.2, 0.25) is 0 Å². The van der Waals surface area contributed by atoms with Crippen molar-refractivity contribution in [2.75, 3.05) is 0 Å². The lowest BCUT2D eigenvalue weighted by atomic mass is 9.86. The van der Waals surface area contributed by atoms with Crippen molar-refractivity contribution in [1.29, 1.82) is 0 Å². The van der Waals surface area contributed by atoms with Gasteiger partial charge in [-0.3, -0.25) is 0 Å². The first-order valence-electron chi connectivity index (χ1n) is 5.53. The highest BCUT2D eigenvalue weighted by Crippen LogP contribution is 2.23. The average Bonchev–Trinajstić information content (AvgIpc) is 2.70. The number of aromatic nitrogens is 1. The van der Waals surface area contributed by atoms with Gasteiger partial charge in [-0.25, -0.2) is 4.98 Å².